The van der Waals surface area contributed by atoms with Crippen molar-refractivity contribution in [3.63, 3.8) is 0 Å². The van der Waals surface area contributed by atoms with Crippen molar-refractivity contribution in [2.24, 2.45) is 0 Å². The number of ether oxygens (including phenoxy) is 2. The third-order valence-electron chi connectivity index (χ3n) is 4.25. The molecule has 1 heterocycles. The van der Waals surface area contributed by atoms with Crippen molar-refractivity contribution < 1.29 is 17.9 Å². The normalized spacial score (nSPS) is 13.1. The van der Waals surface area contributed by atoms with Crippen molar-refractivity contribution in [2.45, 2.75) is 17.9 Å². The van der Waals surface area contributed by atoms with Crippen LogP contribution >= 0.6 is 11.3 Å². The minimum Gasteiger partial charge on any atom is -0.493 e. The van der Waals surface area contributed by atoms with Crippen LogP contribution in [-0.2, 0) is 10.0 Å². The Balaban J connectivity index is 1.95. The molecule has 3 rings (SSSR count). The number of para-hydroxylation sites is 1. The van der Waals surface area contributed by atoms with Gasteiger partial charge in [-0.15, -0.1) is 11.3 Å². The van der Waals surface area contributed by atoms with Crippen LogP contribution in [0.4, 0.5) is 0 Å². The molecule has 0 fully saturated rings. The molecule has 0 spiro atoms. The van der Waals surface area contributed by atoms with Crippen LogP contribution in [-0.4, -0.2) is 39.0 Å². The van der Waals surface area contributed by atoms with E-state index in [0.29, 0.717) is 11.5 Å². The van der Waals surface area contributed by atoms with Gasteiger partial charge in [-0.2, -0.15) is 4.31 Å². The smallest absolute Gasteiger partial charge is 0.243 e. The predicted octanol–water partition coefficient (Wildman–Crippen LogP) is 3.70. The Morgan fingerprint density at radius 2 is 1.77 bits per heavy atom. The van der Waals surface area contributed by atoms with Gasteiger partial charge in [0.2, 0.25) is 10.0 Å². The number of benzene rings is 2. The van der Waals surface area contributed by atoms with Crippen LogP contribution in [0, 0.1) is 0 Å². The van der Waals surface area contributed by atoms with Gasteiger partial charge in [0.05, 0.1) is 35.4 Å². The van der Waals surface area contributed by atoms with Crippen LogP contribution in [0.5, 0.6) is 11.5 Å². The number of thiazole rings is 1. The minimum absolute atomic E-state index is 0.144. The third-order valence-corrected chi connectivity index (χ3v) is 7.38. The van der Waals surface area contributed by atoms with E-state index in [-0.39, 0.29) is 4.90 Å². The molecule has 1 aromatic heterocycles. The average molecular weight is 393 g/mol. The molecule has 0 aliphatic heterocycles. The van der Waals surface area contributed by atoms with Gasteiger partial charge in [0.25, 0.3) is 0 Å². The van der Waals surface area contributed by atoms with E-state index in [4.69, 9.17) is 9.47 Å². The lowest BCUT2D eigenvalue weighted by atomic mass is 10.3. The zero-order valence-corrected chi connectivity index (χ0v) is 16.6. The zero-order valence-electron chi connectivity index (χ0n) is 15.0. The first-order valence-electron chi connectivity index (χ1n) is 7.94. The minimum atomic E-state index is -3.72. The Kier molecular flexibility index (Phi) is 5.17. The summed E-state index contributed by atoms with van der Waals surface area (Å²) >= 11 is 1.50. The monoisotopic (exact) mass is 392 g/mol. The van der Waals surface area contributed by atoms with Crippen molar-refractivity contribution >= 4 is 31.6 Å². The standard InChI is InChI=1S/C18H20N2O4S2/c1-12(18-19-14-7-5-6-8-17(14)25-18)20(2)26(21,22)13-9-10-15(23-3)16(11-13)24-4/h5-12H,1-4H3. The number of methoxy groups -OCH3 is 2. The average Bonchev–Trinajstić information content (AvgIpc) is 3.10. The molecule has 8 heteroatoms. The molecule has 0 aliphatic rings. The van der Waals surface area contributed by atoms with Crippen LogP contribution < -0.4 is 9.47 Å². The molecule has 2 aromatic carbocycles. The molecule has 1 unspecified atom stereocenters. The molecule has 0 N–H and O–H groups in total. The quantitative estimate of drug-likeness (QED) is 0.640. The van der Waals surface area contributed by atoms with E-state index in [0.717, 1.165) is 15.2 Å². The lowest BCUT2D eigenvalue weighted by Crippen LogP contribution is -2.29. The second kappa shape index (κ2) is 7.22. The van der Waals surface area contributed by atoms with Gasteiger partial charge < -0.3 is 9.47 Å². The van der Waals surface area contributed by atoms with Gasteiger partial charge in [0.1, 0.15) is 5.01 Å². The topological polar surface area (TPSA) is 68.7 Å². The first-order valence-corrected chi connectivity index (χ1v) is 10.2. The van der Waals surface area contributed by atoms with Gasteiger partial charge in [-0.3, -0.25) is 0 Å². The molecule has 0 aliphatic carbocycles. The maximum atomic E-state index is 13.0. The van der Waals surface area contributed by atoms with Crippen LogP contribution in [0.25, 0.3) is 10.2 Å². The van der Waals surface area contributed by atoms with Crippen molar-refractivity contribution in [3.05, 3.63) is 47.5 Å². The summed E-state index contributed by atoms with van der Waals surface area (Å²) in [5, 5.41) is 0.748. The fourth-order valence-corrected chi connectivity index (χ4v) is 5.05. The van der Waals surface area contributed by atoms with Crippen LogP contribution in [0.15, 0.2) is 47.4 Å². The fourth-order valence-electron chi connectivity index (χ4n) is 2.58. The Morgan fingerprint density at radius 1 is 1.08 bits per heavy atom. The molecule has 0 radical (unpaired) electrons. The summed E-state index contributed by atoms with van der Waals surface area (Å²) in [5.41, 5.74) is 0.872. The lowest BCUT2D eigenvalue weighted by Gasteiger charge is -2.23. The Hall–Kier alpha value is -2.16. The van der Waals surface area contributed by atoms with Crippen molar-refractivity contribution in [1.29, 1.82) is 0 Å². The molecule has 6 nitrogen and oxygen atoms in total. The molecule has 138 valence electrons. The van der Waals surface area contributed by atoms with Crippen LogP contribution in [0.2, 0.25) is 0 Å². The summed E-state index contributed by atoms with van der Waals surface area (Å²) in [5.74, 6) is 0.850. The molecule has 0 saturated carbocycles. The molecule has 1 atom stereocenters. The Morgan fingerprint density at radius 3 is 2.42 bits per heavy atom. The number of hydrogen-bond acceptors (Lipinski definition) is 6. The first-order chi connectivity index (χ1) is 12.4. The number of fused-ring (bicyclic) bond motifs is 1. The molecule has 0 saturated heterocycles. The molecule has 0 amide bonds. The SMILES string of the molecule is COc1ccc(S(=O)(=O)N(C)C(C)c2nc3ccccc3s2)cc1OC. The number of sulfonamides is 1. The molecule has 0 bridgehead atoms. The number of aromatic nitrogens is 1. The van der Waals surface area contributed by atoms with Gasteiger partial charge in [-0.1, -0.05) is 12.1 Å². The molecule has 26 heavy (non-hydrogen) atoms. The number of nitrogens with zero attached hydrogens (tertiary/aromatic N) is 2. The van der Waals surface area contributed by atoms with Gasteiger partial charge in [0, 0.05) is 13.1 Å². The van der Waals surface area contributed by atoms with Crippen molar-refractivity contribution in [3.8, 4) is 11.5 Å². The largest absolute Gasteiger partial charge is 0.493 e. The maximum Gasteiger partial charge on any atom is 0.243 e. The third kappa shape index (κ3) is 3.27. The van der Waals surface area contributed by atoms with E-state index in [1.165, 1.54) is 42.0 Å². The van der Waals surface area contributed by atoms with E-state index >= 15 is 0 Å². The van der Waals surface area contributed by atoms with E-state index in [2.05, 4.69) is 4.98 Å². The molecular weight excluding hydrogens is 372 g/mol. The summed E-state index contributed by atoms with van der Waals surface area (Å²) < 4.78 is 38.8. The lowest BCUT2D eigenvalue weighted by molar-refractivity contribution is 0.353. The molecular formula is C18H20N2O4S2. The highest BCUT2D eigenvalue weighted by molar-refractivity contribution is 7.89. The van der Waals surface area contributed by atoms with Crippen LogP contribution in [0.3, 0.4) is 0 Å². The second-order valence-corrected chi connectivity index (χ2v) is 8.79. The first kappa shape index (κ1) is 18.6. The van der Waals surface area contributed by atoms with Crippen LogP contribution in [0.1, 0.15) is 18.0 Å². The number of hydrogen-bond donors (Lipinski definition) is 0. The van der Waals surface area contributed by atoms with Crippen molar-refractivity contribution in [2.75, 3.05) is 21.3 Å². The van der Waals surface area contributed by atoms with Gasteiger partial charge in [-0.25, -0.2) is 13.4 Å². The van der Waals surface area contributed by atoms with E-state index in [1.807, 2.05) is 31.2 Å². The maximum absolute atomic E-state index is 13.0. The summed E-state index contributed by atoms with van der Waals surface area (Å²) in [6.07, 6.45) is 0. The summed E-state index contributed by atoms with van der Waals surface area (Å²) in [6.45, 7) is 1.83. The van der Waals surface area contributed by atoms with Gasteiger partial charge in [0.15, 0.2) is 11.5 Å². The summed E-state index contributed by atoms with van der Waals surface area (Å²) in [4.78, 5) is 4.71. The second-order valence-electron chi connectivity index (χ2n) is 5.73. The Bertz CT molecular complexity index is 998. The highest BCUT2D eigenvalue weighted by Crippen LogP contribution is 2.34. The Labute approximate surface area is 157 Å². The van der Waals surface area contributed by atoms with Gasteiger partial charge in [-0.05, 0) is 31.2 Å². The highest BCUT2D eigenvalue weighted by atomic mass is 32.2. The summed E-state index contributed by atoms with van der Waals surface area (Å²) in [6, 6.07) is 11.9. The van der Waals surface area contributed by atoms with E-state index in [9.17, 15) is 8.42 Å². The zero-order chi connectivity index (χ0) is 18.9. The predicted molar refractivity (Wildman–Crippen MR) is 103 cm³/mol. The number of rotatable bonds is 6. The van der Waals surface area contributed by atoms with E-state index < -0.39 is 16.1 Å². The highest BCUT2D eigenvalue weighted by Gasteiger charge is 2.29. The molecule has 3 aromatic rings. The summed E-state index contributed by atoms with van der Waals surface area (Å²) in [7, 11) is 0.823. The van der Waals surface area contributed by atoms with Crippen molar-refractivity contribution in [1.82, 2.24) is 9.29 Å². The fraction of sp³-hybridized carbons (Fsp3) is 0.278. The van der Waals surface area contributed by atoms with E-state index in [1.54, 1.807) is 13.1 Å². The van der Waals surface area contributed by atoms with Gasteiger partial charge >= 0.3 is 0 Å².